The summed E-state index contributed by atoms with van der Waals surface area (Å²) in [6, 6.07) is 9.06. The summed E-state index contributed by atoms with van der Waals surface area (Å²) in [6.45, 7) is 6.88. The summed E-state index contributed by atoms with van der Waals surface area (Å²) < 4.78 is 7.52. The Kier molecular flexibility index (Phi) is 9.81. The average molecular weight is 491 g/mol. The second-order valence-electron chi connectivity index (χ2n) is 8.73. The highest BCUT2D eigenvalue weighted by Gasteiger charge is 2.23. The highest BCUT2D eigenvalue weighted by atomic mass is 16.5. The van der Waals surface area contributed by atoms with Crippen LogP contribution in [-0.4, -0.2) is 46.0 Å². The Morgan fingerprint density at radius 3 is 2.75 bits per heavy atom. The molecule has 1 aliphatic carbocycles. The maximum Gasteiger partial charge on any atom is 0.273 e. The van der Waals surface area contributed by atoms with Crippen LogP contribution in [0.4, 0.5) is 0 Å². The smallest absolute Gasteiger partial charge is 0.273 e. The van der Waals surface area contributed by atoms with Crippen molar-refractivity contribution in [1.29, 1.82) is 5.26 Å². The van der Waals surface area contributed by atoms with E-state index < -0.39 is 0 Å². The molecule has 36 heavy (non-hydrogen) atoms. The van der Waals surface area contributed by atoms with Gasteiger partial charge in [0, 0.05) is 12.6 Å². The van der Waals surface area contributed by atoms with Gasteiger partial charge in [0.05, 0.1) is 35.5 Å². The van der Waals surface area contributed by atoms with Gasteiger partial charge in [-0.1, -0.05) is 24.3 Å². The Morgan fingerprint density at radius 1 is 1.28 bits per heavy atom. The molecule has 2 aromatic rings. The number of carbonyl (C=O) groups is 2. The van der Waals surface area contributed by atoms with Gasteiger partial charge >= 0.3 is 0 Å². The summed E-state index contributed by atoms with van der Waals surface area (Å²) in [5.41, 5.74) is 2.37. The number of aromatic nitrogens is 3. The van der Waals surface area contributed by atoms with Crippen LogP contribution in [0.25, 0.3) is 5.70 Å². The molecular formula is C27H34N6O3. The molecular weight excluding hydrogens is 456 g/mol. The van der Waals surface area contributed by atoms with Crippen molar-refractivity contribution in [2.24, 2.45) is 5.92 Å². The van der Waals surface area contributed by atoms with E-state index in [1.54, 1.807) is 28.9 Å². The van der Waals surface area contributed by atoms with Crippen LogP contribution in [-0.2, 0) is 11.2 Å². The van der Waals surface area contributed by atoms with Gasteiger partial charge in [-0.05, 0) is 76.3 Å². The molecule has 1 aliphatic rings. The van der Waals surface area contributed by atoms with E-state index in [0.29, 0.717) is 61.5 Å². The molecule has 0 aliphatic heterocycles. The van der Waals surface area contributed by atoms with Gasteiger partial charge in [0.15, 0.2) is 5.69 Å². The third kappa shape index (κ3) is 7.04. The molecule has 0 saturated carbocycles. The number of amides is 2. The molecule has 2 N–H and O–H groups in total. The predicted octanol–water partition coefficient (Wildman–Crippen LogP) is 3.63. The number of hydrogen-bond acceptors (Lipinski definition) is 6. The summed E-state index contributed by atoms with van der Waals surface area (Å²) in [4.78, 5) is 25.3. The van der Waals surface area contributed by atoms with E-state index in [1.807, 2.05) is 39.0 Å². The van der Waals surface area contributed by atoms with Crippen molar-refractivity contribution >= 4 is 17.5 Å². The lowest BCUT2D eigenvalue weighted by Crippen LogP contribution is -2.33. The standard InChI is InChI=1S/C27H34N6O3/c1-4-19(3)30-27(35)25-24(10-7-17-36-23-15-11-20(18-28)12-16-23)33(32-31-25)22-9-6-8-21(13-14-22)26(34)29-5-2/h9,11-16,19,21H,4-8,10,17H2,1-3H3,(H,29,34)(H,30,35). The normalized spacial score (nSPS) is 15.8. The quantitative estimate of drug-likeness (QED) is 0.464. The van der Waals surface area contributed by atoms with Crippen LogP contribution in [0.2, 0.25) is 0 Å². The first-order valence-corrected chi connectivity index (χ1v) is 12.5. The minimum atomic E-state index is -0.253. The molecule has 2 atom stereocenters. The van der Waals surface area contributed by atoms with Gasteiger partial charge in [0.2, 0.25) is 5.91 Å². The van der Waals surface area contributed by atoms with Crippen molar-refractivity contribution < 1.29 is 14.3 Å². The minimum absolute atomic E-state index is 0.00999. The molecule has 190 valence electrons. The zero-order chi connectivity index (χ0) is 25.9. The molecule has 0 bridgehead atoms. The largest absolute Gasteiger partial charge is 0.494 e. The fourth-order valence-electron chi connectivity index (χ4n) is 3.83. The molecule has 0 saturated heterocycles. The first kappa shape index (κ1) is 26.7. The van der Waals surface area contributed by atoms with Crippen LogP contribution in [0.15, 0.2) is 42.5 Å². The highest BCUT2D eigenvalue weighted by Crippen LogP contribution is 2.22. The number of benzene rings is 1. The van der Waals surface area contributed by atoms with Crippen molar-refractivity contribution in [3.63, 3.8) is 0 Å². The molecule has 0 radical (unpaired) electrons. The van der Waals surface area contributed by atoms with Crippen LogP contribution >= 0.6 is 0 Å². The number of ether oxygens (including phenoxy) is 1. The summed E-state index contributed by atoms with van der Waals surface area (Å²) in [5, 5.41) is 23.3. The second kappa shape index (κ2) is 13.2. The Morgan fingerprint density at radius 2 is 2.06 bits per heavy atom. The van der Waals surface area contributed by atoms with Gasteiger partial charge in [0.1, 0.15) is 5.75 Å². The van der Waals surface area contributed by atoms with E-state index in [-0.39, 0.29) is 23.8 Å². The number of nitrogens with one attached hydrogen (secondary N) is 2. The first-order valence-electron chi connectivity index (χ1n) is 12.5. The molecule has 1 heterocycles. The van der Waals surface area contributed by atoms with E-state index in [4.69, 9.17) is 10.00 Å². The first-order chi connectivity index (χ1) is 17.5. The Hall–Kier alpha value is -3.93. The van der Waals surface area contributed by atoms with Gasteiger partial charge in [-0.3, -0.25) is 9.59 Å². The third-order valence-electron chi connectivity index (χ3n) is 6.04. The number of hydrogen-bond donors (Lipinski definition) is 2. The molecule has 3 rings (SSSR count). The summed E-state index contributed by atoms with van der Waals surface area (Å²) in [5.74, 6) is 0.230. The molecule has 1 aromatic heterocycles. The zero-order valence-electron chi connectivity index (χ0n) is 21.2. The van der Waals surface area contributed by atoms with Gasteiger partial charge in [-0.15, -0.1) is 5.10 Å². The van der Waals surface area contributed by atoms with Gasteiger partial charge in [-0.25, -0.2) is 4.68 Å². The third-order valence-corrected chi connectivity index (χ3v) is 6.04. The summed E-state index contributed by atoms with van der Waals surface area (Å²) >= 11 is 0. The summed E-state index contributed by atoms with van der Waals surface area (Å²) in [7, 11) is 0. The number of nitrogens with zero attached hydrogens (tertiary/aromatic N) is 4. The molecule has 2 amide bonds. The lowest BCUT2D eigenvalue weighted by atomic mass is 10.0. The van der Waals surface area contributed by atoms with Crippen molar-refractivity contribution in [3.05, 3.63) is 59.4 Å². The van der Waals surface area contributed by atoms with Crippen molar-refractivity contribution in [1.82, 2.24) is 25.6 Å². The van der Waals surface area contributed by atoms with Crippen LogP contribution in [0.3, 0.4) is 0 Å². The van der Waals surface area contributed by atoms with Gasteiger partial charge < -0.3 is 15.4 Å². The fourth-order valence-corrected chi connectivity index (χ4v) is 3.83. The molecule has 1 aromatic carbocycles. The molecule has 2 unspecified atom stereocenters. The van der Waals surface area contributed by atoms with E-state index in [2.05, 4.69) is 27.0 Å². The second-order valence-corrected chi connectivity index (χ2v) is 8.73. The van der Waals surface area contributed by atoms with E-state index >= 15 is 0 Å². The Labute approximate surface area is 212 Å². The molecule has 9 heteroatoms. The molecule has 9 nitrogen and oxygen atoms in total. The Bertz CT molecular complexity index is 1140. The SMILES string of the molecule is CCNC(=O)C1C=CC(n2nnc(C(=O)NC(C)CC)c2CCCOc2ccc(C#N)cc2)=CCC1. The predicted molar refractivity (Wildman–Crippen MR) is 137 cm³/mol. The van der Waals surface area contributed by atoms with Gasteiger partial charge in [-0.2, -0.15) is 5.26 Å². The van der Waals surface area contributed by atoms with E-state index in [0.717, 1.165) is 12.1 Å². The number of allylic oxidation sites excluding steroid dienone is 3. The minimum Gasteiger partial charge on any atom is -0.494 e. The van der Waals surface area contributed by atoms with Crippen LogP contribution < -0.4 is 15.4 Å². The van der Waals surface area contributed by atoms with E-state index in [1.165, 1.54) is 0 Å². The van der Waals surface area contributed by atoms with Crippen molar-refractivity contribution in [2.45, 2.75) is 58.9 Å². The number of carbonyl (C=O) groups excluding carboxylic acids is 2. The highest BCUT2D eigenvalue weighted by molar-refractivity contribution is 5.93. The topological polar surface area (TPSA) is 122 Å². The average Bonchev–Trinajstić information content (AvgIpc) is 3.15. The van der Waals surface area contributed by atoms with Crippen molar-refractivity contribution in [2.75, 3.05) is 13.2 Å². The number of rotatable bonds is 11. The van der Waals surface area contributed by atoms with Crippen molar-refractivity contribution in [3.8, 4) is 11.8 Å². The van der Waals surface area contributed by atoms with E-state index in [9.17, 15) is 9.59 Å². The summed E-state index contributed by atoms with van der Waals surface area (Å²) in [6.07, 6.45) is 9.18. The maximum absolute atomic E-state index is 13.0. The van der Waals surface area contributed by atoms with Crippen LogP contribution in [0, 0.1) is 17.2 Å². The Balaban J connectivity index is 1.77. The molecule has 0 fully saturated rings. The lowest BCUT2D eigenvalue weighted by Gasteiger charge is -2.12. The lowest BCUT2D eigenvalue weighted by molar-refractivity contribution is -0.123. The van der Waals surface area contributed by atoms with Crippen LogP contribution in [0.1, 0.15) is 68.2 Å². The maximum atomic E-state index is 13.0. The number of nitriles is 1. The zero-order valence-corrected chi connectivity index (χ0v) is 21.2. The van der Waals surface area contributed by atoms with Crippen LogP contribution in [0.5, 0.6) is 5.75 Å². The fraction of sp³-hybridized carbons (Fsp3) is 0.444. The van der Waals surface area contributed by atoms with Gasteiger partial charge in [0.25, 0.3) is 5.91 Å². The molecule has 0 spiro atoms. The monoisotopic (exact) mass is 490 g/mol.